The zero-order valence-electron chi connectivity index (χ0n) is 27.8. The van der Waals surface area contributed by atoms with Crippen LogP contribution in [0.5, 0.6) is 0 Å². The van der Waals surface area contributed by atoms with E-state index in [9.17, 15) is 0 Å². The average molecular weight is 661 g/mol. The van der Waals surface area contributed by atoms with Gasteiger partial charge in [0.05, 0.1) is 17.5 Å². The zero-order valence-corrected chi connectivity index (χ0v) is 27.8. The molecule has 50 heavy (non-hydrogen) atoms. The fourth-order valence-electron chi connectivity index (χ4n) is 6.47. The molecule has 1 N–H and O–H groups in total. The predicted molar refractivity (Wildman–Crippen MR) is 194 cm³/mol. The quantitative estimate of drug-likeness (QED) is 0.135. The Morgan fingerprint density at radius 2 is 1.72 bits per heavy atom. The van der Waals surface area contributed by atoms with Crippen molar-refractivity contribution < 1.29 is 0 Å². The molecule has 0 radical (unpaired) electrons. The molecular weight excluding hydrogens is 625 g/mol. The van der Waals surface area contributed by atoms with Crippen molar-refractivity contribution in [1.82, 2.24) is 54.5 Å². The van der Waals surface area contributed by atoms with Gasteiger partial charge in [0.15, 0.2) is 17.3 Å². The molecule has 6 heterocycles. The Hall–Kier alpha value is -6.14. The van der Waals surface area contributed by atoms with Crippen molar-refractivity contribution in [2.45, 2.75) is 31.8 Å². The topological polar surface area (TPSA) is 129 Å². The summed E-state index contributed by atoms with van der Waals surface area (Å²) in [6.45, 7) is 7.03. The van der Waals surface area contributed by atoms with Gasteiger partial charge in [0.25, 0.3) is 0 Å². The highest BCUT2D eigenvalue weighted by atomic mass is 15.3. The number of likely N-dealkylation sites (tertiary alicyclic amines) is 1. The number of aromatic amines is 1. The number of aromatic nitrogens is 9. The Morgan fingerprint density at radius 3 is 2.50 bits per heavy atom. The fourth-order valence-corrected chi connectivity index (χ4v) is 6.47. The molecule has 0 atom stereocenters. The van der Waals surface area contributed by atoms with Gasteiger partial charge in [-0.05, 0) is 61.5 Å². The summed E-state index contributed by atoms with van der Waals surface area (Å²) in [5, 5.41) is 17.4. The summed E-state index contributed by atoms with van der Waals surface area (Å²) in [7, 11) is 1.89. The van der Waals surface area contributed by atoms with Gasteiger partial charge in [-0.1, -0.05) is 61.2 Å². The van der Waals surface area contributed by atoms with Crippen LogP contribution >= 0.6 is 0 Å². The molecule has 1 aliphatic rings. The highest BCUT2D eigenvalue weighted by molar-refractivity contribution is 5.98. The van der Waals surface area contributed by atoms with Crippen molar-refractivity contribution in [3.05, 3.63) is 121 Å². The SMILES string of the molecule is C=CN(C)C=NCc1nnc2c3cc(-c4ccccc4)c(-c4ccc(CN5CCC(c6nc(-c7ncccn7)n[nH]6)CC5)cc4)nc3ccn12. The molecular formula is C38H36N12. The highest BCUT2D eigenvalue weighted by Gasteiger charge is 2.24. The molecule has 1 saturated heterocycles. The number of benzene rings is 2. The lowest BCUT2D eigenvalue weighted by Crippen LogP contribution is -2.32. The van der Waals surface area contributed by atoms with Crippen LogP contribution in [-0.4, -0.2) is 81.0 Å². The maximum atomic E-state index is 5.22. The van der Waals surface area contributed by atoms with Gasteiger partial charge in [-0.25, -0.2) is 19.9 Å². The summed E-state index contributed by atoms with van der Waals surface area (Å²) in [5.74, 6) is 3.11. The molecule has 0 saturated carbocycles. The van der Waals surface area contributed by atoms with Gasteiger partial charge < -0.3 is 4.90 Å². The van der Waals surface area contributed by atoms with Crippen LogP contribution in [-0.2, 0) is 13.1 Å². The summed E-state index contributed by atoms with van der Waals surface area (Å²) < 4.78 is 1.99. The van der Waals surface area contributed by atoms with Crippen LogP contribution in [0.3, 0.4) is 0 Å². The lowest BCUT2D eigenvalue weighted by Gasteiger charge is -2.31. The van der Waals surface area contributed by atoms with Gasteiger partial charge in [0.2, 0.25) is 5.82 Å². The maximum Gasteiger partial charge on any atom is 0.218 e. The first-order chi connectivity index (χ1) is 24.6. The van der Waals surface area contributed by atoms with Gasteiger partial charge in [-0.15, -0.1) is 15.3 Å². The number of rotatable bonds is 10. The third-order valence-electron chi connectivity index (χ3n) is 9.19. The van der Waals surface area contributed by atoms with Crippen LogP contribution in [0.4, 0.5) is 0 Å². The largest absolute Gasteiger partial charge is 0.343 e. The van der Waals surface area contributed by atoms with E-state index in [0.29, 0.717) is 24.1 Å². The molecule has 0 aliphatic carbocycles. The number of hydrogen-bond acceptors (Lipinski definition) is 9. The number of H-pyrrole nitrogens is 1. The molecule has 0 bridgehead atoms. The van der Waals surface area contributed by atoms with Crippen molar-refractivity contribution in [1.29, 1.82) is 0 Å². The summed E-state index contributed by atoms with van der Waals surface area (Å²) in [5.41, 5.74) is 7.04. The Balaban J connectivity index is 1.01. The van der Waals surface area contributed by atoms with E-state index in [2.05, 4.69) is 101 Å². The maximum absolute atomic E-state index is 5.22. The smallest absolute Gasteiger partial charge is 0.218 e. The van der Waals surface area contributed by atoms with Gasteiger partial charge in [-0.3, -0.25) is 19.4 Å². The number of pyridine rings is 2. The zero-order chi connectivity index (χ0) is 33.9. The molecule has 0 unspecified atom stereocenters. The Morgan fingerprint density at radius 1 is 0.920 bits per heavy atom. The molecule has 248 valence electrons. The number of nitrogens with one attached hydrogen (secondary N) is 1. The normalized spacial score (nSPS) is 14.2. The first-order valence-corrected chi connectivity index (χ1v) is 16.7. The summed E-state index contributed by atoms with van der Waals surface area (Å²) >= 11 is 0. The van der Waals surface area contributed by atoms with E-state index in [-0.39, 0.29) is 0 Å². The molecule has 12 heteroatoms. The molecule has 0 amide bonds. The first kappa shape index (κ1) is 31.1. The van der Waals surface area contributed by atoms with E-state index in [1.54, 1.807) is 35.9 Å². The molecule has 8 rings (SSSR count). The molecule has 1 aliphatic heterocycles. The van der Waals surface area contributed by atoms with Crippen molar-refractivity contribution in [2.24, 2.45) is 4.99 Å². The molecule has 5 aromatic heterocycles. The van der Waals surface area contributed by atoms with Gasteiger partial charge in [0, 0.05) is 54.6 Å². The van der Waals surface area contributed by atoms with E-state index in [0.717, 1.165) is 83.1 Å². The van der Waals surface area contributed by atoms with Crippen molar-refractivity contribution in [3.63, 3.8) is 0 Å². The van der Waals surface area contributed by atoms with Crippen LogP contribution in [0.25, 0.3) is 50.6 Å². The Labute approximate surface area is 289 Å². The van der Waals surface area contributed by atoms with E-state index in [1.807, 2.05) is 29.8 Å². The standard InChI is InChI=1S/C38H36N12/c1-3-48(2)25-39-23-33-44-47-38-31-22-30(27-8-5-4-6-9-27)34(42-32(31)16-21-50(33)38)28-12-10-26(11-13-28)24-49-19-14-29(15-20-49)35-43-37(46-45-35)36-40-17-7-18-41-36/h3-13,16-18,21-22,25,29H,1,14-15,19-20,23-24H2,2H3,(H,43,45,46). The van der Waals surface area contributed by atoms with E-state index >= 15 is 0 Å². The predicted octanol–water partition coefficient (Wildman–Crippen LogP) is 6.17. The summed E-state index contributed by atoms with van der Waals surface area (Å²) in [4.78, 5) is 27.2. The van der Waals surface area contributed by atoms with Crippen LogP contribution in [0, 0.1) is 0 Å². The minimum absolute atomic E-state index is 0.345. The van der Waals surface area contributed by atoms with E-state index in [4.69, 9.17) is 9.97 Å². The Bertz CT molecular complexity index is 2270. The fraction of sp³-hybridized carbons (Fsp3) is 0.211. The second-order valence-electron chi connectivity index (χ2n) is 12.5. The number of nitrogens with zero attached hydrogens (tertiary/aromatic N) is 11. The van der Waals surface area contributed by atoms with Crippen LogP contribution in [0.15, 0.2) is 109 Å². The number of piperidine rings is 1. The number of aliphatic imine (C=N–C) groups is 1. The van der Waals surface area contributed by atoms with Crippen molar-refractivity contribution in [2.75, 3.05) is 20.1 Å². The Kier molecular flexibility index (Phi) is 8.58. The van der Waals surface area contributed by atoms with Crippen LogP contribution in [0.2, 0.25) is 0 Å². The van der Waals surface area contributed by atoms with Gasteiger partial charge >= 0.3 is 0 Å². The first-order valence-electron chi connectivity index (χ1n) is 16.7. The third kappa shape index (κ3) is 6.36. The average Bonchev–Trinajstić information content (AvgIpc) is 3.84. The summed E-state index contributed by atoms with van der Waals surface area (Å²) in [6, 6.07) is 25.2. The highest BCUT2D eigenvalue weighted by Crippen LogP contribution is 2.35. The minimum atomic E-state index is 0.345. The lowest BCUT2D eigenvalue weighted by atomic mass is 9.95. The van der Waals surface area contributed by atoms with Crippen molar-refractivity contribution in [3.8, 4) is 34.0 Å². The minimum Gasteiger partial charge on any atom is -0.343 e. The van der Waals surface area contributed by atoms with Crippen molar-refractivity contribution >= 4 is 22.9 Å². The molecule has 2 aromatic carbocycles. The van der Waals surface area contributed by atoms with Gasteiger partial charge in [0.1, 0.15) is 12.4 Å². The molecule has 1 fully saturated rings. The van der Waals surface area contributed by atoms with Crippen LogP contribution in [0.1, 0.15) is 36.0 Å². The second-order valence-corrected chi connectivity index (χ2v) is 12.5. The number of hydrogen-bond donors (Lipinski definition) is 1. The van der Waals surface area contributed by atoms with E-state index < -0.39 is 0 Å². The molecule has 12 nitrogen and oxygen atoms in total. The molecule has 0 spiro atoms. The van der Waals surface area contributed by atoms with Crippen LogP contribution < -0.4 is 0 Å². The number of fused-ring (bicyclic) bond motifs is 3. The third-order valence-corrected chi connectivity index (χ3v) is 9.19. The second kappa shape index (κ2) is 13.8. The monoisotopic (exact) mass is 660 g/mol. The summed E-state index contributed by atoms with van der Waals surface area (Å²) in [6.07, 6.45) is 10.9. The lowest BCUT2D eigenvalue weighted by molar-refractivity contribution is 0.202. The van der Waals surface area contributed by atoms with Gasteiger partial charge in [-0.2, -0.15) is 0 Å². The van der Waals surface area contributed by atoms with E-state index in [1.165, 1.54) is 5.56 Å². The molecule has 7 aromatic rings.